The Kier molecular flexibility index (Phi) is 6.43. The highest BCUT2D eigenvalue weighted by Crippen LogP contribution is 2.18. The number of benzene rings is 2. The van der Waals surface area contributed by atoms with E-state index in [1.54, 1.807) is 23.1 Å². The zero-order chi connectivity index (χ0) is 20.8. The lowest BCUT2D eigenvalue weighted by atomic mass is 9.97. The van der Waals surface area contributed by atoms with E-state index in [0.717, 1.165) is 11.6 Å². The van der Waals surface area contributed by atoms with Crippen molar-refractivity contribution >= 4 is 23.6 Å². The van der Waals surface area contributed by atoms with Crippen LogP contribution < -0.4 is 10.6 Å². The van der Waals surface area contributed by atoms with Crippen LogP contribution in [0.3, 0.4) is 0 Å². The van der Waals surface area contributed by atoms with Gasteiger partial charge in [0.05, 0.1) is 5.92 Å². The van der Waals surface area contributed by atoms with Crippen molar-refractivity contribution in [2.75, 3.05) is 18.4 Å². The Morgan fingerprint density at radius 1 is 1.07 bits per heavy atom. The maximum Gasteiger partial charge on any atom is 0.317 e. The van der Waals surface area contributed by atoms with Crippen LogP contribution in [0.4, 0.5) is 14.9 Å². The molecule has 0 aromatic heterocycles. The van der Waals surface area contributed by atoms with Crippen LogP contribution in [0.2, 0.25) is 0 Å². The Morgan fingerprint density at radius 3 is 2.48 bits per heavy atom. The number of carbonyl (C=O) groups is 3. The van der Waals surface area contributed by atoms with Crippen molar-refractivity contribution in [3.8, 4) is 0 Å². The minimum atomic E-state index is -0.817. The fourth-order valence-corrected chi connectivity index (χ4v) is 3.21. The SMILES string of the molecule is O=C(Nc1cccc(CNC(=O)N2CCC(C(=O)O)CC2)c1)c1cccc(F)c1. The lowest BCUT2D eigenvalue weighted by Crippen LogP contribution is -2.45. The third-order valence-corrected chi connectivity index (χ3v) is 4.85. The molecule has 3 N–H and O–H groups in total. The van der Waals surface area contributed by atoms with Gasteiger partial charge in [-0.2, -0.15) is 0 Å². The standard InChI is InChI=1S/C21H22FN3O4/c22-17-5-2-4-16(12-17)19(26)24-18-6-1-3-14(11-18)13-23-21(29)25-9-7-15(8-10-25)20(27)28/h1-6,11-12,15H,7-10,13H2,(H,23,29)(H,24,26)(H,27,28). The quantitative estimate of drug-likeness (QED) is 0.720. The number of amides is 3. The minimum Gasteiger partial charge on any atom is -0.481 e. The molecule has 0 saturated carbocycles. The Labute approximate surface area is 167 Å². The highest BCUT2D eigenvalue weighted by Gasteiger charge is 2.26. The van der Waals surface area contributed by atoms with Crippen LogP contribution in [-0.4, -0.2) is 41.0 Å². The molecular weight excluding hydrogens is 377 g/mol. The molecule has 2 aromatic rings. The predicted octanol–water partition coefficient (Wildman–Crippen LogP) is 3.08. The molecule has 152 valence electrons. The summed E-state index contributed by atoms with van der Waals surface area (Å²) in [5, 5.41) is 14.5. The molecule has 1 aliphatic heterocycles. The van der Waals surface area contributed by atoms with E-state index in [2.05, 4.69) is 10.6 Å². The van der Waals surface area contributed by atoms with Crippen molar-refractivity contribution in [3.05, 3.63) is 65.5 Å². The number of aliphatic carboxylic acids is 1. The fourth-order valence-electron chi connectivity index (χ4n) is 3.21. The Morgan fingerprint density at radius 2 is 1.79 bits per heavy atom. The summed E-state index contributed by atoms with van der Waals surface area (Å²) in [7, 11) is 0. The number of carboxylic acid groups (broad SMARTS) is 1. The molecule has 8 heteroatoms. The molecular formula is C21H22FN3O4. The summed E-state index contributed by atoms with van der Waals surface area (Å²) in [5.41, 5.74) is 1.54. The monoisotopic (exact) mass is 399 g/mol. The topological polar surface area (TPSA) is 98.7 Å². The molecule has 1 aliphatic rings. The van der Waals surface area contributed by atoms with Gasteiger partial charge in [0.25, 0.3) is 5.91 Å². The second kappa shape index (κ2) is 9.18. The normalized spacial score (nSPS) is 14.3. The molecule has 0 bridgehead atoms. The second-order valence-electron chi connectivity index (χ2n) is 6.92. The zero-order valence-corrected chi connectivity index (χ0v) is 15.7. The van der Waals surface area contributed by atoms with Crippen molar-refractivity contribution in [1.82, 2.24) is 10.2 Å². The largest absolute Gasteiger partial charge is 0.481 e. The average Bonchev–Trinajstić information content (AvgIpc) is 2.72. The molecule has 1 saturated heterocycles. The number of nitrogens with zero attached hydrogens (tertiary/aromatic N) is 1. The van der Waals surface area contributed by atoms with Gasteiger partial charge < -0.3 is 20.6 Å². The van der Waals surface area contributed by atoms with Crippen LogP contribution in [0, 0.1) is 11.7 Å². The van der Waals surface area contributed by atoms with Crippen LogP contribution >= 0.6 is 0 Å². The summed E-state index contributed by atoms with van der Waals surface area (Å²) in [6.45, 7) is 1.08. The zero-order valence-electron chi connectivity index (χ0n) is 15.7. The van der Waals surface area contributed by atoms with Gasteiger partial charge in [0.15, 0.2) is 0 Å². The molecule has 7 nitrogen and oxygen atoms in total. The third kappa shape index (κ3) is 5.54. The molecule has 1 heterocycles. The number of hydrogen-bond donors (Lipinski definition) is 3. The Bertz CT molecular complexity index is 910. The van der Waals surface area contributed by atoms with Crippen LogP contribution in [0.5, 0.6) is 0 Å². The van der Waals surface area contributed by atoms with E-state index in [1.165, 1.54) is 18.2 Å². The first-order chi connectivity index (χ1) is 13.9. The van der Waals surface area contributed by atoms with Crippen LogP contribution in [-0.2, 0) is 11.3 Å². The van der Waals surface area contributed by atoms with Gasteiger partial charge in [0.2, 0.25) is 0 Å². The molecule has 29 heavy (non-hydrogen) atoms. The first kappa shape index (κ1) is 20.3. The summed E-state index contributed by atoms with van der Waals surface area (Å²) in [6, 6.07) is 12.2. The number of halogens is 1. The molecule has 0 atom stereocenters. The minimum absolute atomic E-state index is 0.216. The average molecular weight is 399 g/mol. The van der Waals surface area contributed by atoms with Crippen molar-refractivity contribution in [2.45, 2.75) is 19.4 Å². The van der Waals surface area contributed by atoms with E-state index in [-0.39, 0.29) is 18.1 Å². The Balaban J connectivity index is 1.53. The van der Waals surface area contributed by atoms with Crippen LogP contribution in [0.1, 0.15) is 28.8 Å². The molecule has 0 radical (unpaired) electrons. The van der Waals surface area contributed by atoms with Gasteiger partial charge in [-0.05, 0) is 48.7 Å². The highest BCUT2D eigenvalue weighted by atomic mass is 19.1. The molecule has 2 aromatic carbocycles. The highest BCUT2D eigenvalue weighted by molar-refractivity contribution is 6.04. The smallest absolute Gasteiger partial charge is 0.317 e. The number of urea groups is 1. The van der Waals surface area contributed by atoms with E-state index in [0.29, 0.717) is 31.6 Å². The summed E-state index contributed by atoms with van der Waals surface area (Å²) < 4.78 is 13.3. The molecule has 3 rings (SSSR count). The number of anilines is 1. The van der Waals surface area contributed by atoms with Gasteiger partial charge in [-0.3, -0.25) is 9.59 Å². The van der Waals surface area contributed by atoms with Crippen molar-refractivity contribution < 1.29 is 23.9 Å². The van der Waals surface area contributed by atoms with Gasteiger partial charge in [-0.15, -0.1) is 0 Å². The van der Waals surface area contributed by atoms with Crippen LogP contribution in [0.25, 0.3) is 0 Å². The predicted molar refractivity (Wildman–Crippen MR) is 105 cm³/mol. The fraction of sp³-hybridized carbons (Fsp3) is 0.286. The van der Waals surface area contributed by atoms with Crippen molar-refractivity contribution in [1.29, 1.82) is 0 Å². The molecule has 0 spiro atoms. The number of rotatable bonds is 5. The number of nitrogens with one attached hydrogen (secondary N) is 2. The molecule has 1 fully saturated rings. The van der Waals surface area contributed by atoms with Crippen molar-refractivity contribution in [3.63, 3.8) is 0 Å². The van der Waals surface area contributed by atoms with E-state index in [4.69, 9.17) is 5.11 Å². The number of piperidine rings is 1. The van der Waals surface area contributed by atoms with E-state index in [1.807, 2.05) is 6.07 Å². The number of carboxylic acids is 1. The molecule has 0 aliphatic carbocycles. The van der Waals surface area contributed by atoms with Gasteiger partial charge in [0, 0.05) is 30.9 Å². The maximum atomic E-state index is 13.3. The van der Waals surface area contributed by atoms with E-state index < -0.39 is 23.6 Å². The number of hydrogen-bond acceptors (Lipinski definition) is 3. The summed E-state index contributed by atoms with van der Waals surface area (Å²) in [6.07, 6.45) is 0.898. The van der Waals surface area contributed by atoms with Gasteiger partial charge in [-0.25, -0.2) is 9.18 Å². The molecule has 0 unspecified atom stereocenters. The number of likely N-dealkylation sites (tertiary alicyclic amines) is 1. The van der Waals surface area contributed by atoms with E-state index >= 15 is 0 Å². The maximum absolute atomic E-state index is 13.3. The van der Waals surface area contributed by atoms with Crippen LogP contribution in [0.15, 0.2) is 48.5 Å². The third-order valence-electron chi connectivity index (χ3n) is 4.85. The summed E-state index contributed by atoms with van der Waals surface area (Å²) in [4.78, 5) is 37.1. The summed E-state index contributed by atoms with van der Waals surface area (Å²) >= 11 is 0. The van der Waals surface area contributed by atoms with Gasteiger partial charge >= 0.3 is 12.0 Å². The van der Waals surface area contributed by atoms with Gasteiger partial charge in [0.1, 0.15) is 5.82 Å². The first-order valence-electron chi connectivity index (χ1n) is 9.34. The van der Waals surface area contributed by atoms with Crippen molar-refractivity contribution in [2.24, 2.45) is 5.92 Å². The van der Waals surface area contributed by atoms with E-state index in [9.17, 15) is 18.8 Å². The number of carbonyl (C=O) groups excluding carboxylic acids is 2. The first-order valence-corrected chi connectivity index (χ1v) is 9.34. The lowest BCUT2D eigenvalue weighted by Gasteiger charge is -2.30. The second-order valence-corrected chi connectivity index (χ2v) is 6.92. The Hall–Kier alpha value is -3.42. The summed E-state index contributed by atoms with van der Waals surface area (Å²) in [5.74, 6) is -2.12. The van der Waals surface area contributed by atoms with Gasteiger partial charge in [-0.1, -0.05) is 18.2 Å². The lowest BCUT2D eigenvalue weighted by molar-refractivity contribution is -0.143. The molecule has 3 amide bonds.